The zero-order valence-electron chi connectivity index (χ0n) is 8.58. The van der Waals surface area contributed by atoms with Crippen LogP contribution in [-0.2, 0) is 0 Å². The third kappa shape index (κ3) is 2.54. The fourth-order valence-corrected chi connectivity index (χ4v) is 1.98. The van der Waals surface area contributed by atoms with Crippen LogP contribution in [0.2, 0.25) is 5.02 Å². The third-order valence-corrected chi connectivity index (χ3v) is 2.95. The number of hydrogen-bond acceptors (Lipinski definition) is 2. The Morgan fingerprint density at radius 3 is 2.75 bits per heavy atom. The van der Waals surface area contributed by atoms with Crippen molar-refractivity contribution in [3.63, 3.8) is 0 Å². The van der Waals surface area contributed by atoms with E-state index in [-0.39, 0.29) is 0 Å². The van der Waals surface area contributed by atoms with Crippen molar-refractivity contribution in [2.24, 2.45) is 0 Å². The van der Waals surface area contributed by atoms with Crippen molar-refractivity contribution in [3.05, 3.63) is 51.7 Å². The molecule has 2 aromatic rings. The van der Waals surface area contributed by atoms with Crippen LogP contribution >= 0.6 is 27.5 Å². The summed E-state index contributed by atoms with van der Waals surface area (Å²) in [4.78, 5) is 3.90. The number of benzene rings is 1. The average Bonchev–Trinajstić information content (AvgIpc) is 2.25. The largest absolute Gasteiger partial charge is 0.454 e. The van der Waals surface area contributed by atoms with Gasteiger partial charge >= 0.3 is 0 Å². The minimum Gasteiger partial charge on any atom is -0.454 e. The molecule has 0 saturated heterocycles. The van der Waals surface area contributed by atoms with Gasteiger partial charge in [-0.3, -0.25) is 4.98 Å². The van der Waals surface area contributed by atoms with Gasteiger partial charge in [0.15, 0.2) is 0 Å². The van der Waals surface area contributed by atoms with Crippen molar-refractivity contribution in [2.45, 2.75) is 6.92 Å². The average molecular weight is 299 g/mol. The molecule has 1 aromatic heterocycles. The molecule has 0 unspecified atom stereocenters. The van der Waals surface area contributed by atoms with Crippen LogP contribution in [0.5, 0.6) is 11.5 Å². The molecule has 4 heteroatoms. The summed E-state index contributed by atoms with van der Waals surface area (Å²) in [5.41, 5.74) is 1.17. The van der Waals surface area contributed by atoms with Gasteiger partial charge in [-0.25, -0.2) is 0 Å². The summed E-state index contributed by atoms with van der Waals surface area (Å²) < 4.78 is 6.58. The molecule has 2 rings (SSSR count). The number of halogens is 2. The Hall–Kier alpha value is -1.06. The molecule has 1 aromatic carbocycles. The van der Waals surface area contributed by atoms with E-state index >= 15 is 0 Å². The molecule has 0 atom stereocenters. The topological polar surface area (TPSA) is 22.1 Å². The van der Waals surface area contributed by atoms with Crippen molar-refractivity contribution in [3.8, 4) is 11.5 Å². The molecule has 1 heterocycles. The lowest BCUT2D eigenvalue weighted by Gasteiger charge is -2.09. The molecule has 0 aliphatic heterocycles. The predicted octanol–water partition coefficient (Wildman–Crippen LogP) is 4.60. The molecular formula is C12H9BrClNO. The van der Waals surface area contributed by atoms with Crippen LogP contribution < -0.4 is 4.74 Å². The van der Waals surface area contributed by atoms with Crippen LogP contribution in [0.1, 0.15) is 5.56 Å². The Kier molecular flexibility index (Phi) is 3.46. The van der Waals surface area contributed by atoms with Gasteiger partial charge in [0, 0.05) is 18.5 Å². The second-order valence-electron chi connectivity index (χ2n) is 3.34. The summed E-state index contributed by atoms with van der Waals surface area (Å²) in [6.45, 7) is 2.02. The van der Waals surface area contributed by atoms with E-state index in [2.05, 4.69) is 20.9 Å². The summed E-state index contributed by atoms with van der Waals surface area (Å²) in [6, 6.07) is 7.60. The van der Waals surface area contributed by atoms with E-state index in [0.29, 0.717) is 10.8 Å². The minimum absolute atomic E-state index is 0.495. The van der Waals surface area contributed by atoms with E-state index in [1.165, 1.54) is 5.56 Å². The second kappa shape index (κ2) is 4.85. The first-order chi connectivity index (χ1) is 7.66. The Labute approximate surface area is 107 Å². The Balaban J connectivity index is 2.31. The highest BCUT2D eigenvalue weighted by Gasteiger charge is 2.05. The van der Waals surface area contributed by atoms with Crippen LogP contribution in [-0.4, -0.2) is 4.98 Å². The van der Waals surface area contributed by atoms with E-state index in [9.17, 15) is 0 Å². The van der Waals surface area contributed by atoms with Gasteiger partial charge in [0.2, 0.25) is 0 Å². The normalized spacial score (nSPS) is 10.2. The van der Waals surface area contributed by atoms with Crippen LogP contribution in [0.15, 0.2) is 41.1 Å². The molecule has 0 amide bonds. The first-order valence-corrected chi connectivity index (χ1v) is 5.87. The van der Waals surface area contributed by atoms with E-state index in [1.807, 2.05) is 25.1 Å². The molecule has 0 bridgehead atoms. The summed E-state index contributed by atoms with van der Waals surface area (Å²) in [5.74, 6) is 1.33. The van der Waals surface area contributed by atoms with Gasteiger partial charge in [-0.05, 0) is 40.5 Å². The maximum Gasteiger partial charge on any atom is 0.149 e. The van der Waals surface area contributed by atoms with E-state index < -0.39 is 0 Å². The number of nitrogens with zero attached hydrogens (tertiary/aromatic N) is 1. The maximum absolute atomic E-state index is 5.95. The number of rotatable bonds is 2. The molecular weight excluding hydrogens is 289 g/mol. The smallest absolute Gasteiger partial charge is 0.149 e. The molecule has 0 fully saturated rings. The lowest BCUT2D eigenvalue weighted by Crippen LogP contribution is -1.87. The summed E-state index contributed by atoms with van der Waals surface area (Å²) in [5, 5.41) is 0.495. The lowest BCUT2D eigenvalue weighted by atomic mass is 10.2. The SMILES string of the molecule is Cc1ccc(Oc2ccncc2Cl)c(Br)c1. The highest BCUT2D eigenvalue weighted by molar-refractivity contribution is 9.10. The predicted molar refractivity (Wildman–Crippen MR) is 68.2 cm³/mol. The molecule has 82 valence electrons. The highest BCUT2D eigenvalue weighted by Crippen LogP contribution is 2.33. The molecule has 0 aliphatic rings. The van der Waals surface area contributed by atoms with Gasteiger partial charge in [-0.2, -0.15) is 0 Å². The van der Waals surface area contributed by atoms with Crippen molar-refractivity contribution >= 4 is 27.5 Å². The van der Waals surface area contributed by atoms with E-state index in [4.69, 9.17) is 16.3 Å². The van der Waals surface area contributed by atoms with Gasteiger partial charge in [0.05, 0.1) is 4.47 Å². The molecule has 0 radical (unpaired) electrons. The van der Waals surface area contributed by atoms with Crippen LogP contribution in [0.3, 0.4) is 0 Å². The van der Waals surface area contributed by atoms with Gasteiger partial charge < -0.3 is 4.74 Å². The van der Waals surface area contributed by atoms with Crippen molar-refractivity contribution < 1.29 is 4.74 Å². The maximum atomic E-state index is 5.95. The first-order valence-electron chi connectivity index (χ1n) is 4.70. The van der Waals surface area contributed by atoms with Crippen LogP contribution in [0.25, 0.3) is 0 Å². The zero-order chi connectivity index (χ0) is 11.5. The van der Waals surface area contributed by atoms with Crippen molar-refractivity contribution in [1.29, 1.82) is 0 Å². The quantitative estimate of drug-likeness (QED) is 0.808. The molecule has 2 nitrogen and oxygen atoms in total. The van der Waals surface area contributed by atoms with Gasteiger partial charge in [-0.15, -0.1) is 0 Å². The third-order valence-electron chi connectivity index (χ3n) is 2.04. The zero-order valence-corrected chi connectivity index (χ0v) is 10.9. The van der Waals surface area contributed by atoms with Gasteiger partial charge in [0.25, 0.3) is 0 Å². The van der Waals surface area contributed by atoms with Crippen molar-refractivity contribution in [1.82, 2.24) is 4.98 Å². The Morgan fingerprint density at radius 1 is 1.25 bits per heavy atom. The number of pyridine rings is 1. The number of aromatic nitrogens is 1. The Morgan fingerprint density at radius 2 is 2.06 bits per heavy atom. The first kappa shape index (κ1) is 11.4. The molecule has 16 heavy (non-hydrogen) atoms. The van der Waals surface area contributed by atoms with Crippen LogP contribution in [0, 0.1) is 6.92 Å². The molecule has 0 spiro atoms. The van der Waals surface area contributed by atoms with Crippen LogP contribution in [0.4, 0.5) is 0 Å². The van der Waals surface area contributed by atoms with E-state index in [0.717, 1.165) is 10.2 Å². The lowest BCUT2D eigenvalue weighted by molar-refractivity contribution is 0.479. The number of aryl methyl sites for hydroxylation is 1. The number of hydrogen-bond donors (Lipinski definition) is 0. The summed E-state index contributed by atoms with van der Waals surface area (Å²) in [6.07, 6.45) is 3.20. The van der Waals surface area contributed by atoms with Gasteiger partial charge in [-0.1, -0.05) is 17.7 Å². The van der Waals surface area contributed by atoms with Gasteiger partial charge in [0.1, 0.15) is 16.5 Å². The standard InChI is InChI=1S/C12H9BrClNO/c1-8-2-3-11(9(13)6-8)16-12-4-5-15-7-10(12)14/h2-7H,1H3. The second-order valence-corrected chi connectivity index (χ2v) is 4.60. The molecule has 0 saturated carbocycles. The fraction of sp³-hybridized carbons (Fsp3) is 0.0833. The fourth-order valence-electron chi connectivity index (χ4n) is 1.25. The summed E-state index contributed by atoms with van der Waals surface area (Å²) >= 11 is 9.40. The highest BCUT2D eigenvalue weighted by atomic mass is 79.9. The van der Waals surface area contributed by atoms with Crippen molar-refractivity contribution in [2.75, 3.05) is 0 Å². The Bertz CT molecular complexity index is 516. The number of ether oxygens (including phenoxy) is 1. The summed E-state index contributed by atoms with van der Waals surface area (Å²) in [7, 11) is 0. The molecule has 0 N–H and O–H groups in total. The van der Waals surface area contributed by atoms with E-state index in [1.54, 1.807) is 18.5 Å². The minimum atomic E-state index is 0.495. The molecule has 0 aliphatic carbocycles. The monoisotopic (exact) mass is 297 g/mol.